The van der Waals surface area contributed by atoms with Crippen LogP contribution in [0.1, 0.15) is 39.5 Å². The molecule has 1 saturated carbocycles. The highest BCUT2D eigenvalue weighted by Crippen LogP contribution is 2.24. The van der Waals surface area contributed by atoms with E-state index in [2.05, 4.69) is 4.90 Å². The van der Waals surface area contributed by atoms with Crippen molar-refractivity contribution in [3.8, 4) is 0 Å². The zero-order chi connectivity index (χ0) is 13.1. The van der Waals surface area contributed by atoms with Crippen molar-refractivity contribution < 1.29 is 4.79 Å². The van der Waals surface area contributed by atoms with E-state index in [9.17, 15) is 4.79 Å². The first-order valence-electron chi connectivity index (χ1n) is 7.38. The molecule has 18 heavy (non-hydrogen) atoms. The predicted molar refractivity (Wildman–Crippen MR) is 73.2 cm³/mol. The minimum absolute atomic E-state index is 0.135. The number of piperazine rings is 1. The molecule has 1 heterocycles. The fraction of sp³-hybridized carbons (Fsp3) is 0.929. The molecule has 2 fully saturated rings. The molecule has 1 atom stereocenters. The van der Waals surface area contributed by atoms with Gasteiger partial charge in [0.25, 0.3) is 0 Å². The summed E-state index contributed by atoms with van der Waals surface area (Å²) < 4.78 is 0. The van der Waals surface area contributed by atoms with Crippen molar-refractivity contribution in [3.05, 3.63) is 0 Å². The molecule has 1 aliphatic heterocycles. The standard InChI is InChI=1S/C14H27N3O/c1-11(2)13(15)14(18)17-9-7-16(8-10-17)12-5-3-4-6-12/h11-13H,3-10,15H2,1-2H3. The fourth-order valence-electron chi connectivity index (χ4n) is 3.07. The van der Waals surface area contributed by atoms with Crippen molar-refractivity contribution in [1.29, 1.82) is 0 Å². The maximum atomic E-state index is 12.1. The van der Waals surface area contributed by atoms with Gasteiger partial charge < -0.3 is 10.6 Å². The van der Waals surface area contributed by atoms with Crippen LogP contribution in [0.15, 0.2) is 0 Å². The number of nitrogens with two attached hydrogens (primary N) is 1. The van der Waals surface area contributed by atoms with Crippen molar-refractivity contribution >= 4 is 5.91 Å². The first kappa shape index (κ1) is 13.8. The summed E-state index contributed by atoms with van der Waals surface area (Å²) in [6.07, 6.45) is 5.45. The molecule has 1 aliphatic carbocycles. The molecular weight excluding hydrogens is 226 g/mol. The van der Waals surface area contributed by atoms with E-state index in [1.807, 2.05) is 18.7 Å². The van der Waals surface area contributed by atoms with E-state index in [4.69, 9.17) is 5.73 Å². The van der Waals surface area contributed by atoms with E-state index in [1.165, 1.54) is 25.7 Å². The van der Waals surface area contributed by atoms with Crippen LogP contribution in [0.25, 0.3) is 0 Å². The van der Waals surface area contributed by atoms with Gasteiger partial charge in [-0.1, -0.05) is 26.7 Å². The molecule has 1 amide bonds. The molecule has 0 aromatic heterocycles. The Morgan fingerprint density at radius 1 is 1.11 bits per heavy atom. The zero-order valence-corrected chi connectivity index (χ0v) is 11.8. The van der Waals surface area contributed by atoms with Gasteiger partial charge in [0, 0.05) is 32.2 Å². The SMILES string of the molecule is CC(C)C(N)C(=O)N1CCN(C2CCCC2)CC1. The minimum Gasteiger partial charge on any atom is -0.339 e. The minimum atomic E-state index is -0.331. The molecule has 1 unspecified atom stereocenters. The van der Waals surface area contributed by atoms with Gasteiger partial charge in [0.2, 0.25) is 5.91 Å². The van der Waals surface area contributed by atoms with Crippen LogP contribution in [0.3, 0.4) is 0 Å². The molecule has 2 aliphatic rings. The van der Waals surface area contributed by atoms with Crippen molar-refractivity contribution in [2.45, 2.75) is 51.6 Å². The van der Waals surface area contributed by atoms with Gasteiger partial charge in [-0.3, -0.25) is 9.69 Å². The molecular formula is C14H27N3O. The first-order chi connectivity index (χ1) is 8.59. The Kier molecular flexibility index (Phi) is 4.62. The third-order valence-electron chi connectivity index (χ3n) is 4.47. The maximum absolute atomic E-state index is 12.1. The normalized spacial score (nSPS) is 24.8. The van der Waals surface area contributed by atoms with Gasteiger partial charge in [0.1, 0.15) is 0 Å². The summed E-state index contributed by atoms with van der Waals surface area (Å²) in [7, 11) is 0. The average molecular weight is 253 g/mol. The molecule has 0 aromatic carbocycles. The summed E-state index contributed by atoms with van der Waals surface area (Å²) in [6, 6.07) is 0.448. The highest BCUT2D eigenvalue weighted by atomic mass is 16.2. The molecule has 104 valence electrons. The highest BCUT2D eigenvalue weighted by molar-refractivity contribution is 5.82. The molecule has 0 aromatic rings. The van der Waals surface area contributed by atoms with E-state index in [0.29, 0.717) is 0 Å². The van der Waals surface area contributed by atoms with Crippen molar-refractivity contribution in [3.63, 3.8) is 0 Å². The second-order valence-corrected chi connectivity index (χ2v) is 6.07. The lowest BCUT2D eigenvalue weighted by atomic mass is 10.0. The number of nitrogens with zero attached hydrogens (tertiary/aromatic N) is 2. The summed E-state index contributed by atoms with van der Waals surface area (Å²) in [5.41, 5.74) is 5.94. The Balaban J connectivity index is 1.80. The van der Waals surface area contributed by atoms with Crippen molar-refractivity contribution in [2.24, 2.45) is 11.7 Å². The Bertz CT molecular complexity index is 279. The summed E-state index contributed by atoms with van der Waals surface area (Å²) in [4.78, 5) is 16.7. The summed E-state index contributed by atoms with van der Waals surface area (Å²) in [5, 5.41) is 0. The average Bonchev–Trinajstić information content (AvgIpc) is 2.91. The van der Waals surface area contributed by atoms with Gasteiger partial charge in [-0.2, -0.15) is 0 Å². The lowest BCUT2D eigenvalue weighted by Gasteiger charge is -2.39. The number of rotatable bonds is 3. The van der Waals surface area contributed by atoms with Gasteiger partial charge in [-0.15, -0.1) is 0 Å². The van der Waals surface area contributed by atoms with Crippen LogP contribution in [0.2, 0.25) is 0 Å². The molecule has 2 N–H and O–H groups in total. The van der Waals surface area contributed by atoms with Crippen LogP contribution in [0, 0.1) is 5.92 Å². The van der Waals surface area contributed by atoms with Gasteiger partial charge in [-0.25, -0.2) is 0 Å². The Morgan fingerprint density at radius 2 is 1.67 bits per heavy atom. The number of amides is 1. The Hall–Kier alpha value is -0.610. The monoisotopic (exact) mass is 253 g/mol. The lowest BCUT2D eigenvalue weighted by Crippen LogP contribution is -2.55. The third-order valence-corrected chi connectivity index (χ3v) is 4.47. The van der Waals surface area contributed by atoms with Gasteiger partial charge >= 0.3 is 0 Å². The largest absolute Gasteiger partial charge is 0.339 e. The molecule has 0 spiro atoms. The van der Waals surface area contributed by atoms with E-state index in [1.54, 1.807) is 0 Å². The van der Waals surface area contributed by atoms with Crippen LogP contribution in [-0.4, -0.2) is 54.0 Å². The van der Waals surface area contributed by atoms with Crippen LogP contribution < -0.4 is 5.73 Å². The van der Waals surface area contributed by atoms with Crippen LogP contribution in [-0.2, 0) is 4.79 Å². The molecule has 4 heteroatoms. The van der Waals surface area contributed by atoms with E-state index >= 15 is 0 Å². The summed E-state index contributed by atoms with van der Waals surface area (Å²) in [6.45, 7) is 7.79. The number of hydrogen-bond donors (Lipinski definition) is 1. The first-order valence-corrected chi connectivity index (χ1v) is 7.38. The number of carbonyl (C=O) groups is 1. The van der Waals surface area contributed by atoms with E-state index < -0.39 is 0 Å². The van der Waals surface area contributed by atoms with Gasteiger partial charge in [0.05, 0.1) is 6.04 Å². The third kappa shape index (κ3) is 3.04. The van der Waals surface area contributed by atoms with E-state index in [-0.39, 0.29) is 17.9 Å². The highest BCUT2D eigenvalue weighted by Gasteiger charge is 2.30. The van der Waals surface area contributed by atoms with Crippen molar-refractivity contribution in [1.82, 2.24) is 9.80 Å². The van der Waals surface area contributed by atoms with Crippen molar-refractivity contribution in [2.75, 3.05) is 26.2 Å². The zero-order valence-electron chi connectivity index (χ0n) is 11.8. The van der Waals surface area contributed by atoms with E-state index in [0.717, 1.165) is 32.2 Å². The molecule has 0 radical (unpaired) electrons. The predicted octanol–water partition coefficient (Wildman–Crippen LogP) is 1.06. The number of carbonyl (C=O) groups excluding carboxylic acids is 1. The Morgan fingerprint density at radius 3 is 2.17 bits per heavy atom. The smallest absolute Gasteiger partial charge is 0.239 e. The lowest BCUT2D eigenvalue weighted by molar-refractivity contribution is -0.135. The Labute approximate surface area is 110 Å². The number of hydrogen-bond acceptors (Lipinski definition) is 3. The fourth-order valence-corrected chi connectivity index (χ4v) is 3.07. The topological polar surface area (TPSA) is 49.6 Å². The molecule has 4 nitrogen and oxygen atoms in total. The second kappa shape index (κ2) is 6.02. The maximum Gasteiger partial charge on any atom is 0.239 e. The summed E-state index contributed by atoms with van der Waals surface area (Å²) in [5.74, 6) is 0.362. The second-order valence-electron chi connectivity index (χ2n) is 6.07. The van der Waals surface area contributed by atoms with Gasteiger partial charge in [0.15, 0.2) is 0 Å². The molecule has 1 saturated heterocycles. The van der Waals surface area contributed by atoms with Gasteiger partial charge in [-0.05, 0) is 18.8 Å². The quantitative estimate of drug-likeness (QED) is 0.818. The van der Waals surface area contributed by atoms with Crippen LogP contribution in [0.4, 0.5) is 0 Å². The van der Waals surface area contributed by atoms with Crippen LogP contribution in [0.5, 0.6) is 0 Å². The molecule has 0 bridgehead atoms. The van der Waals surface area contributed by atoms with Crippen LogP contribution >= 0.6 is 0 Å². The summed E-state index contributed by atoms with van der Waals surface area (Å²) >= 11 is 0. The molecule has 2 rings (SSSR count).